The number of furan rings is 1. The van der Waals surface area contributed by atoms with Gasteiger partial charge < -0.3 is 14.3 Å². The van der Waals surface area contributed by atoms with E-state index in [1.54, 1.807) is 12.3 Å². The molecule has 0 spiro atoms. The summed E-state index contributed by atoms with van der Waals surface area (Å²) in [6.45, 7) is 3.95. The van der Waals surface area contributed by atoms with E-state index in [1.165, 1.54) is 0 Å². The van der Waals surface area contributed by atoms with Crippen LogP contribution in [-0.2, 0) is 16.2 Å². The van der Waals surface area contributed by atoms with Crippen LogP contribution in [-0.4, -0.2) is 17.1 Å². The average Bonchev–Trinajstić information content (AvgIpc) is 3.60. The van der Waals surface area contributed by atoms with Crippen LogP contribution in [0.5, 0.6) is 0 Å². The van der Waals surface area contributed by atoms with Crippen LogP contribution in [0.4, 0.5) is 5.82 Å². The Morgan fingerprint density at radius 2 is 1.62 bits per heavy atom. The number of nitrogens with zero attached hydrogens (tertiary/aromatic N) is 2. The summed E-state index contributed by atoms with van der Waals surface area (Å²) in [5.74, 6) is 0.595. The molecule has 0 aliphatic carbocycles. The molecule has 2 heterocycles. The van der Waals surface area contributed by atoms with Gasteiger partial charge in [0, 0.05) is 10.0 Å². The molecule has 0 aliphatic heterocycles. The monoisotopic (exact) mass is 592 g/mol. The van der Waals surface area contributed by atoms with E-state index in [-0.39, 0.29) is 6.61 Å². The Balaban J connectivity index is 1.49. The highest BCUT2D eigenvalue weighted by Gasteiger charge is 2.27. The first-order valence-corrected chi connectivity index (χ1v) is 13.3. The van der Waals surface area contributed by atoms with Crippen molar-refractivity contribution < 1.29 is 14.0 Å². The van der Waals surface area contributed by atoms with E-state index in [0.717, 1.165) is 32.4 Å². The number of hydrogen-bond donors (Lipinski definition) is 2. The Kier molecular flexibility index (Phi) is 8.26. The summed E-state index contributed by atoms with van der Waals surface area (Å²) >= 11 is 3.41. The van der Waals surface area contributed by atoms with Crippen LogP contribution in [0.15, 0.2) is 119 Å². The van der Waals surface area contributed by atoms with Gasteiger partial charge in [-0.3, -0.25) is 15.1 Å². The number of nitrogens with one attached hydrogen (secondary N) is 2. The molecule has 7 nitrogen and oxygen atoms in total. The van der Waals surface area contributed by atoms with Crippen LogP contribution in [0, 0.1) is 11.3 Å². The van der Waals surface area contributed by atoms with Gasteiger partial charge in [0.25, 0.3) is 5.91 Å². The fourth-order valence-corrected chi connectivity index (χ4v) is 4.69. The van der Waals surface area contributed by atoms with Gasteiger partial charge in [0.1, 0.15) is 23.2 Å². The molecule has 5 rings (SSSR count). The van der Waals surface area contributed by atoms with Crippen LogP contribution in [0.25, 0.3) is 28.1 Å². The highest BCUT2D eigenvalue weighted by Crippen LogP contribution is 2.42. The first-order chi connectivity index (χ1) is 19.5. The summed E-state index contributed by atoms with van der Waals surface area (Å²) in [6, 6.07) is 33.0. The first kappa shape index (κ1) is 26.8. The van der Waals surface area contributed by atoms with E-state index >= 15 is 0 Å². The largest absolute Gasteiger partial charge is 0.467 e. The molecule has 8 heteroatoms. The van der Waals surface area contributed by atoms with Crippen molar-refractivity contribution in [1.82, 2.24) is 10.0 Å². The summed E-state index contributed by atoms with van der Waals surface area (Å²) in [4.78, 5) is 18.6. The minimum Gasteiger partial charge on any atom is -0.467 e. The maximum Gasteiger partial charge on any atom is 0.254 e. The maximum absolute atomic E-state index is 13.1. The van der Waals surface area contributed by atoms with Gasteiger partial charge in [0.2, 0.25) is 0 Å². The Morgan fingerprint density at radius 3 is 2.25 bits per heavy atom. The van der Waals surface area contributed by atoms with E-state index in [4.69, 9.17) is 9.25 Å². The lowest BCUT2D eigenvalue weighted by atomic mass is 9.98. The number of carbonyl (C=O) groups is 1. The maximum atomic E-state index is 13.1. The number of rotatable bonds is 10. The third kappa shape index (κ3) is 5.91. The van der Waals surface area contributed by atoms with Crippen LogP contribution in [0.3, 0.4) is 0 Å². The van der Waals surface area contributed by atoms with E-state index < -0.39 is 5.91 Å². The smallest absolute Gasteiger partial charge is 0.254 e. The van der Waals surface area contributed by atoms with Gasteiger partial charge in [-0.15, -0.1) is 0 Å². The topological polar surface area (TPSA) is 92.2 Å². The molecular weight excluding hydrogens is 568 g/mol. The highest BCUT2D eigenvalue weighted by atomic mass is 79.9. The third-order valence-corrected chi connectivity index (χ3v) is 6.76. The van der Waals surface area contributed by atoms with Gasteiger partial charge in [0.05, 0.1) is 24.2 Å². The summed E-state index contributed by atoms with van der Waals surface area (Å²) in [5, 5.41) is 13.3. The van der Waals surface area contributed by atoms with Crippen molar-refractivity contribution in [2.75, 3.05) is 11.9 Å². The Bertz CT molecular complexity index is 1650. The lowest BCUT2D eigenvalue weighted by molar-refractivity contribution is -0.122. The molecule has 1 amide bonds. The van der Waals surface area contributed by atoms with Gasteiger partial charge in [-0.1, -0.05) is 95.3 Å². The molecule has 5 aromatic rings. The zero-order valence-corrected chi connectivity index (χ0v) is 23.0. The average molecular weight is 593 g/mol. The van der Waals surface area contributed by atoms with Gasteiger partial charge >= 0.3 is 0 Å². The third-order valence-electron chi connectivity index (χ3n) is 6.23. The summed E-state index contributed by atoms with van der Waals surface area (Å²) in [5.41, 5.74) is 7.67. The zero-order chi connectivity index (χ0) is 27.9. The van der Waals surface area contributed by atoms with Crippen molar-refractivity contribution in [3.05, 3.63) is 131 Å². The van der Waals surface area contributed by atoms with Gasteiger partial charge in [-0.05, 0) is 41.0 Å². The number of aromatic nitrogens is 1. The molecule has 0 saturated heterocycles. The summed E-state index contributed by atoms with van der Waals surface area (Å²) in [7, 11) is 0. The quantitative estimate of drug-likeness (QED) is 0.167. The van der Waals surface area contributed by atoms with Crippen molar-refractivity contribution in [3.8, 4) is 28.5 Å². The summed E-state index contributed by atoms with van der Waals surface area (Å²) < 4.78 is 8.50. The van der Waals surface area contributed by atoms with E-state index in [1.807, 2.05) is 95.6 Å². The van der Waals surface area contributed by atoms with E-state index in [2.05, 4.69) is 39.4 Å². The molecule has 40 heavy (non-hydrogen) atoms. The molecule has 3 aromatic carbocycles. The highest BCUT2D eigenvalue weighted by molar-refractivity contribution is 9.10. The second kappa shape index (κ2) is 12.3. The Labute approximate surface area is 240 Å². The van der Waals surface area contributed by atoms with Gasteiger partial charge in [0.15, 0.2) is 6.61 Å². The number of nitriles is 1. The fourth-order valence-electron chi connectivity index (χ4n) is 4.42. The number of carbonyl (C=O) groups excluding carboxylic acids is 1. The Hall–Kier alpha value is -4.84. The molecule has 2 aromatic heterocycles. The van der Waals surface area contributed by atoms with Crippen LogP contribution < -0.4 is 10.8 Å². The first-order valence-electron chi connectivity index (χ1n) is 12.5. The second-order valence-electron chi connectivity index (χ2n) is 8.88. The molecule has 0 atom stereocenters. The molecule has 0 bridgehead atoms. The minimum absolute atomic E-state index is 0.299. The minimum atomic E-state index is -0.440. The lowest BCUT2D eigenvalue weighted by Crippen LogP contribution is -2.25. The number of hydrogen-bond acceptors (Lipinski definition) is 5. The Morgan fingerprint density at radius 1 is 0.950 bits per heavy atom. The molecule has 0 radical (unpaired) electrons. The molecule has 2 N–H and O–H groups in total. The second-order valence-corrected chi connectivity index (χ2v) is 9.80. The van der Waals surface area contributed by atoms with Crippen molar-refractivity contribution in [1.29, 1.82) is 5.26 Å². The zero-order valence-electron chi connectivity index (χ0n) is 21.4. The van der Waals surface area contributed by atoms with Crippen LogP contribution in [0.2, 0.25) is 0 Å². The number of amides is 1. The number of halogens is 1. The fraction of sp³-hybridized carbons (Fsp3) is 0.0625. The SMILES string of the molecule is C=C(NOCC(=O)Nc1c(C#N)c(-c2ccccc2)c(-c2ccccc2)n1Cc1ccco1)c1ccc(Br)cc1. The predicted molar refractivity (Wildman–Crippen MR) is 159 cm³/mol. The number of hydroxylamine groups is 1. The number of anilines is 1. The summed E-state index contributed by atoms with van der Waals surface area (Å²) in [6.07, 6.45) is 1.60. The van der Waals surface area contributed by atoms with Crippen LogP contribution >= 0.6 is 15.9 Å². The van der Waals surface area contributed by atoms with Crippen molar-refractivity contribution >= 4 is 33.4 Å². The van der Waals surface area contributed by atoms with E-state index in [0.29, 0.717) is 29.4 Å². The van der Waals surface area contributed by atoms with Crippen LogP contribution in [0.1, 0.15) is 16.9 Å². The molecule has 0 aliphatic rings. The van der Waals surface area contributed by atoms with E-state index in [9.17, 15) is 10.1 Å². The normalized spacial score (nSPS) is 10.6. The van der Waals surface area contributed by atoms with Gasteiger partial charge in [-0.25, -0.2) is 0 Å². The molecular formula is C32H25BrN4O3. The standard InChI is InChI=1S/C32H25BrN4O3/c1-22(23-14-16-26(33)17-15-23)36-40-21-29(38)35-32-28(19-34)30(24-9-4-2-5-10-24)31(25-11-6-3-7-12-25)37(32)20-27-13-8-18-39-27/h2-18,36H,1,20-21H2,(H,35,38). The van der Waals surface area contributed by atoms with Crippen molar-refractivity contribution in [2.45, 2.75) is 6.54 Å². The van der Waals surface area contributed by atoms with Crippen molar-refractivity contribution in [2.24, 2.45) is 0 Å². The molecule has 0 unspecified atom stereocenters. The van der Waals surface area contributed by atoms with Gasteiger partial charge in [-0.2, -0.15) is 5.26 Å². The van der Waals surface area contributed by atoms with Crippen molar-refractivity contribution in [3.63, 3.8) is 0 Å². The number of benzene rings is 3. The molecule has 198 valence electrons. The molecule has 0 fully saturated rings. The lowest BCUT2D eigenvalue weighted by Gasteiger charge is -2.15. The predicted octanol–water partition coefficient (Wildman–Crippen LogP) is 7.23. The molecule has 0 saturated carbocycles.